The van der Waals surface area contributed by atoms with Gasteiger partial charge < -0.3 is 0 Å². The average molecular weight is 246 g/mol. The second-order valence-corrected chi connectivity index (χ2v) is 3.80. The molecule has 7 heteroatoms. The van der Waals surface area contributed by atoms with Crippen LogP contribution in [0.5, 0.6) is 0 Å². The van der Waals surface area contributed by atoms with E-state index in [0.29, 0.717) is 11.3 Å². The summed E-state index contributed by atoms with van der Waals surface area (Å²) in [5.74, 6) is -0.655. The first-order valence-electron chi connectivity index (χ1n) is 5.17. The second-order valence-electron chi connectivity index (χ2n) is 3.80. The van der Waals surface area contributed by atoms with Crippen molar-refractivity contribution in [1.82, 2.24) is 14.8 Å². The van der Waals surface area contributed by atoms with Gasteiger partial charge in [-0.05, 0) is 26.0 Å². The molecule has 2 aromatic rings. The lowest BCUT2D eigenvalue weighted by molar-refractivity contribution is 0.100. The fourth-order valence-electron chi connectivity index (χ4n) is 1.52. The molecule has 2 heterocycles. The van der Waals surface area contributed by atoms with Gasteiger partial charge in [0.25, 0.3) is 5.56 Å². The van der Waals surface area contributed by atoms with Crippen LogP contribution < -0.4 is 5.56 Å². The number of aryl methyl sites for hydroxylation is 1. The van der Waals surface area contributed by atoms with E-state index in [1.165, 1.54) is 23.0 Å². The van der Waals surface area contributed by atoms with Crippen molar-refractivity contribution in [3.63, 3.8) is 0 Å². The van der Waals surface area contributed by atoms with E-state index >= 15 is 0 Å². The normalized spacial score (nSPS) is 10.3. The lowest BCUT2D eigenvalue weighted by Gasteiger charge is -2.01. The highest BCUT2D eigenvalue weighted by atomic mass is 16.3. The predicted octanol–water partition coefficient (Wildman–Crippen LogP) is 1.08. The first kappa shape index (κ1) is 11.9. The minimum absolute atomic E-state index is 0.0896. The van der Waals surface area contributed by atoms with Gasteiger partial charge >= 0.3 is 5.91 Å². The maximum Gasteiger partial charge on any atom is 0.316 e. The molecule has 18 heavy (non-hydrogen) atoms. The summed E-state index contributed by atoms with van der Waals surface area (Å²) in [5, 5.41) is 5.16. The Hall–Kier alpha value is -2.57. The SMILES string of the molecule is Cc1[nH]n(-c2cc(C(=O)N=O)ccn2)c(=O)c1C. The number of hydrogen-bond donors (Lipinski definition) is 1. The first-order chi connectivity index (χ1) is 8.54. The van der Waals surface area contributed by atoms with Crippen LogP contribution in [0.25, 0.3) is 5.82 Å². The zero-order chi connectivity index (χ0) is 13.3. The van der Waals surface area contributed by atoms with Crippen LogP contribution in [0.15, 0.2) is 28.3 Å². The van der Waals surface area contributed by atoms with Crippen LogP contribution in [-0.2, 0) is 0 Å². The highest BCUT2D eigenvalue weighted by Gasteiger charge is 2.12. The van der Waals surface area contributed by atoms with E-state index in [-0.39, 0.29) is 16.9 Å². The molecule has 0 aliphatic heterocycles. The topological polar surface area (TPSA) is 97.2 Å². The smallest absolute Gasteiger partial charge is 0.294 e. The Morgan fingerprint density at radius 2 is 2.17 bits per heavy atom. The van der Waals surface area contributed by atoms with Gasteiger partial charge in [-0.15, -0.1) is 4.91 Å². The first-order valence-corrected chi connectivity index (χ1v) is 5.17. The number of aromatic amines is 1. The number of hydrogen-bond acceptors (Lipinski definition) is 4. The maximum atomic E-state index is 11.9. The third-order valence-electron chi connectivity index (χ3n) is 2.67. The van der Waals surface area contributed by atoms with E-state index in [1.54, 1.807) is 13.8 Å². The van der Waals surface area contributed by atoms with Gasteiger partial charge in [0.15, 0.2) is 5.82 Å². The van der Waals surface area contributed by atoms with Crippen molar-refractivity contribution < 1.29 is 4.79 Å². The molecule has 0 bridgehead atoms. The van der Waals surface area contributed by atoms with E-state index in [9.17, 15) is 14.5 Å². The molecule has 1 N–H and O–H groups in total. The Labute approximate surface area is 101 Å². The number of carbonyl (C=O) groups is 1. The van der Waals surface area contributed by atoms with Gasteiger partial charge in [0, 0.05) is 22.6 Å². The zero-order valence-corrected chi connectivity index (χ0v) is 9.80. The number of rotatable bonds is 2. The van der Waals surface area contributed by atoms with E-state index in [2.05, 4.69) is 15.3 Å². The zero-order valence-electron chi connectivity index (χ0n) is 9.80. The summed E-state index contributed by atoms with van der Waals surface area (Å²) in [6.07, 6.45) is 1.34. The van der Waals surface area contributed by atoms with Gasteiger partial charge in [0.2, 0.25) is 0 Å². The third-order valence-corrected chi connectivity index (χ3v) is 2.67. The molecule has 1 amide bonds. The molecular formula is C11H10N4O3. The van der Waals surface area contributed by atoms with Gasteiger partial charge in [-0.25, -0.2) is 9.67 Å². The Bertz CT molecular complexity index is 684. The Balaban J connectivity index is 2.58. The van der Waals surface area contributed by atoms with Crippen molar-refractivity contribution in [2.24, 2.45) is 5.18 Å². The molecule has 0 aromatic carbocycles. The molecule has 0 spiro atoms. The molecule has 0 atom stereocenters. The van der Waals surface area contributed by atoms with E-state index in [0.717, 1.165) is 0 Å². The summed E-state index contributed by atoms with van der Waals surface area (Å²) in [7, 11) is 0. The molecule has 0 unspecified atom stereocenters. The molecule has 0 saturated heterocycles. The number of amides is 1. The molecule has 0 fully saturated rings. The van der Waals surface area contributed by atoms with Gasteiger partial charge in [0.1, 0.15) is 0 Å². The van der Waals surface area contributed by atoms with Gasteiger partial charge in [-0.3, -0.25) is 14.7 Å². The number of aromatic nitrogens is 3. The van der Waals surface area contributed by atoms with Crippen molar-refractivity contribution in [1.29, 1.82) is 0 Å². The van der Waals surface area contributed by atoms with Crippen molar-refractivity contribution >= 4 is 5.91 Å². The third kappa shape index (κ3) is 1.86. The van der Waals surface area contributed by atoms with Crippen LogP contribution >= 0.6 is 0 Å². The number of nitrogens with zero attached hydrogens (tertiary/aromatic N) is 3. The molecule has 92 valence electrons. The van der Waals surface area contributed by atoms with Crippen LogP contribution in [0, 0.1) is 18.8 Å². The van der Waals surface area contributed by atoms with Crippen LogP contribution in [0.3, 0.4) is 0 Å². The minimum Gasteiger partial charge on any atom is -0.294 e. The van der Waals surface area contributed by atoms with E-state index in [1.807, 2.05) is 0 Å². The summed E-state index contributed by atoms with van der Waals surface area (Å²) in [5.41, 5.74) is 1.13. The van der Waals surface area contributed by atoms with Gasteiger partial charge in [0.05, 0.1) is 5.56 Å². The van der Waals surface area contributed by atoms with Gasteiger partial charge in [-0.2, -0.15) is 0 Å². The highest BCUT2D eigenvalue weighted by Crippen LogP contribution is 2.07. The Kier molecular flexibility index (Phi) is 2.88. The monoisotopic (exact) mass is 246 g/mol. The van der Waals surface area contributed by atoms with Gasteiger partial charge in [-0.1, -0.05) is 0 Å². The predicted molar refractivity (Wildman–Crippen MR) is 63.8 cm³/mol. The minimum atomic E-state index is -0.897. The summed E-state index contributed by atoms with van der Waals surface area (Å²) < 4.78 is 1.21. The standard InChI is InChI=1S/C11H10N4O3/c1-6-7(2)13-15(11(6)17)9-5-8(3-4-12-9)10(16)14-18/h3-5,13H,1-2H3. The molecule has 0 aliphatic rings. The Morgan fingerprint density at radius 1 is 1.44 bits per heavy atom. The lowest BCUT2D eigenvalue weighted by atomic mass is 10.2. The quantitative estimate of drug-likeness (QED) is 0.802. The van der Waals surface area contributed by atoms with E-state index in [4.69, 9.17) is 0 Å². The highest BCUT2D eigenvalue weighted by molar-refractivity contribution is 5.95. The molecule has 2 rings (SSSR count). The second kappa shape index (κ2) is 4.36. The molecular weight excluding hydrogens is 236 g/mol. The van der Waals surface area contributed by atoms with Crippen molar-refractivity contribution in [2.75, 3.05) is 0 Å². The molecule has 0 aliphatic carbocycles. The molecule has 0 saturated carbocycles. The number of H-pyrrole nitrogens is 1. The lowest BCUT2D eigenvalue weighted by Crippen LogP contribution is -2.17. The van der Waals surface area contributed by atoms with Crippen LogP contribution in [-0.4, -0.2) is 20.7 Å². The van der Waals surface area contributed by atoms with Crippen molar-refractivity contribution in [3.8, 4) is 5.82 Å². The summed E-state index contributed by atoms with van der Waals surface area (Å²) in [6.45, 7) is 3.45. The summed E-state index contributed by atoms with van der Waals surface area (Å²) >= 11 is 0. The van der Waals surface area contributed by atoms with Crippen molar-refractivity contribution in [2.45, 2.75) is 13.8 Å². The molecule has 0 radical (unpaired) electrons. The summed E-state index contributed by atoms with van der Waals surface area (Å²) in [6, 6.07) is 2.70. The molecule has 7 nitrogen and oxygen atoms in total. The van der Waals surface area contributed by atoms with E-state index < -0.39 is 5.91 Å². The number of pyridine rings is 1. The number of carbonyl (C=O) groups excluding carboxylic acids is 1. The van der Waals surface area contributed by atoms with Crippen molar-refractivity contribution in [3.05, 3.63) is 50.4 Å². The summed E-state index contributed by atoms with van der Waals surface area (Å²) in [4.78, 5) is 37.2. The van der Waals surface area contributed by atoms with Crippen LogP contribution in [0.2, 0.25) is 0 Å². The molecule has 2 aromatic heterocycles. The Morgan fingerprint density at radius 3 is 2.72 bits per heavy atom. The van der Waals surface area contributed by atoms with Crippen LogP contribution in [0.1, 0.15) is 21.6 Å². The number of nitroso groups, excluding NO2 is 1. The fraction of sp³-hybridized carbons (Fsp3) is 0.182. The largest absolute Gasteiger partial charge is 0.316 e. The maximum absolute atomic E-state index is 11.9. The fourth-order valence-corrected chi connectivity index (χ4v) is 1.52. The van der Waals surface area contributed by atoms with Crippen LogP contribution in [0.4, 0.5) is 0 Å². The average Bonchev–Trinajstić information content (AvgIpc) is 2.66. The number of nitrogens with one attached hydrogen (secondary N) is 1.